The summed E-state index contributed by atoms with van der Waals surface area (Å²) in [6.45, 7) is 0. The summed E-state index contributed by atoms with van der Waals surface area (Å²) in [5, 5.41) is 3.38. The molecule has 3 fully saturated rings. The van der Waals surface area contributed by atoms with Gasteiger partial charge in [-0.05, 0) is 39.2 Å². The highest BCUT2D eigenvalue weighted by atomic mass is 16.2. The van der Waals surface area contributed by atoms with Crippen molar-refractivity contribution in [1.82, 2.24) is 15.1 Å². The summed E-state index contributed by atoms with van der Waals surface area (Å²) in [4.78, 5) is 27.7. The number of hydrogen-bond donors (Lipinski definition) is 1. The van der Waals surface area contributed by atoms with Crippen LogP contribution in [0.5, 0.6) is 0 Å². The third kappa shape index (κ3) is 2.09. The zero-order valence-corrected chi connectivity index (χ0v) is 11.8. The van der Waals surface area contributed by atoms with Gasteiger partial charge in [-0.1, -0.05) is 0 Å². The van der Waals surface area contributed by atoms with Crippen LogP contribution < -0.4 is 5.32 Å². The molecule has 1 N–H and O–H groups in total. The number of likely N-dealkylation sites (N-methyl/N-ethyl adjacent to an activating group) is 1. The van der Waals surface area contributed by atoms with Crippen molar-refractivity contribution in [3.8, 4) is 0 Å². The molecule has 0 aliphatic carbocycles. The summed E-state index contributed by atoms with van der Waals surface area (Å²) >= 11 is 0. The molecule has 2 amide bonds. The SMILES string of the molecule is CNC1CC2CCC(C1)N2C1CCC(=O)N(C)C1=O. The minimum absolute atomic E-state index is 0.0102. The number of imide groups is 1. The topological polar surface area (TPSA) is 52.7 Å². The molecule has 3 saturated heterocycles. The van der Waals surface area contributed by atoms with Crippen molar-refractivity contribution in [3.63, 3.8) is 0 Å². The summed E-state index contributed by atoms with van der Waals surface area (Å²) in [5.41, 5.74) is 0. The van der Waals surface area contributed by atoms with Gasteiger partial charge in [-0.15, -0.1) is 0 Å². The summed E-state index contributed by atoms with van der Waals surface area (Å²) in [5.74, 6) is -0.0187. The monoisotopic (exact) mass is 265 g/mol. The van der Waals surface area contributed by atoms with Crippen LogP contribution in [0.2, 0.25) is 0 Å². The average molecular weight is 265 g/mol. The van der Waals surface area contributed by atoms with Crippen molar-refractivity contribution < 1.29 is 9.59 Å². The summed E-state index contributed by atoms with van der Waals surface area (Å²) < 4.78 is 0. The Labute approximate surface area is 114 Å². The number of piperidine rings is 2. The first-order valence-corrected chi connectivity index (χ1v) is 7.37. The van der Waals surface area contributed by atoms with Crippen molar-refractivity contribution in [2.75, 3.05) is 14.1 Å². The molecule has 3 unspecified atom stereocenters. The Morgan fingerprint density at radius 1 is 1.11 bits per heavy atom. The maximum Gasteiger partial charge on any atom is 0.246 e. The molecule has 106 valence electrons. The van der Waals surface area contributed by atoms with Crippen LogP contribution in [0.15, 0.2) is 0 Å². The average Bonchev–Trinajstić information content (AvgIpc) is 2.67. The Morgan fingerprint density at radius 2 is 1.74 bits per heavy atom. The fraction of sp³-hybridized carbons (Fsp3) is 0.857. The second-order valence-corrected chi connectivity index (χ2v) is 6.13. The molecule has 3 atom stereocenters. The molecule has 0 radical (unpaired) electrons. The number of amides is 2. The molecule has 3 aliphatic rings. The number of carbonyl (C=O) groups excluding carboxylic acids is 2. The molecule has 5 nitrogen and oxygen atoms in total. The second kappa shape index (κ2) is 4.87. The van der Waals surface area contributed by atoms with E-state index in [9.17, 15) is 9.59 Å². The van der Waals surface area contributed by atoms with E-state index in [0.717, 1.165) is 12.8 Å². The standard InChI is InChI=1S/C14H23N3O2/c1-15-9-7-10-3-4-11(8-9)17(10)12-5-6-13(18)16(2)14(12)19/h9-12,15H,3-8H2,1-2H3. The molecule has 0 aromatic carbocycles. The lowest BCUT2D eigenvalue weighted by molar-refractivity contribution is -0.152. The van der Waals surface area contributed by atoms with Crippen LogP contribution >= 0.6 is 0 Å². The molecule has 3 rings (SSSR count). The Bertz CT molecular complexity index is 384. The minimum atomic E-state index is -0.0574. The number of carbonyl (C=O) groups is 2. The van der Waals surface area contributed by atoms with Crippen molar-refractivity contribution in [1.29, 1.82) is 0 Å². The van der Waals surface area contributed by atoms with Crippen LogP contribution in [0.1, 0.15) is 38.5 Å². The molecule has 0 saturated carbocycles. The first kappa shape index (κ1) is 13.1. The van der Waals surface area contributed by atoms with Gasteiger partial charge in [0.1, 0.15) is 0 Å². The zero-order valence-electron chi connectivity index (χ0n) is 11.8. The number of likely N-dealkylation sites (tertiary alicyclic amines) is 1. The van der Waals surface area contributed by atoms with Crippen molar-refractivity contribution >= 4 is 11.8 Å². The molecule has 19 heavy (non-hydrogen) atoms. The maximum absolute atomic E-state index is 12.4. The number of hydrogen-bond acceptors (Lipinski definition) is 4. The van der Waals surface area contributed by atoms with Crippen LogP contribution in [-0.2, 0) is 9.59 Å². The molecule has 2 bridgehead atoms. The lowest BCUT2D eigenvalue weighted by Crippen LogP contribution is -2.59. The number of rotatable bonds is 2. The lowest BCUT2D eigenvalue weighted by atomic mass is 9.92. The summed E-state index contributed by atoms with van der Waals surface area (Å²) in [7, 11) is 3.65. The van der Waals surface area contributed by atoms with E-state index in [1.54, 1.807) is 7.05 Å². The van der Waals surface area contributed by atoms with Crippen LogP contribution in [0, 0.1) is 0 Å². The Kier molecular flexibility index (Phi) is 3.35. The lowest BCUT2D eigenvalue weighted by Gasteiger charge is -2.45. The third-order valence-electron chi connectivity index (χ3n) is 5.18. The second-order valence-electron chi connectivity index (χ2n) is 6.13. The zero-order chi connectivity index (χ0) is 13.6. The van der Waals surface area contributed by atoms with Gasteiger partial charge in [0, 0.05) is 31.6 Å². The highest BCUT2D eigenvalue weighted by Crippen LogP contribution is 2.39. The summed E-state index contributed by atoms with van der Waals surface area (Å²) in [6.07, 6.45) is 5.88. The predicted molar refractivity (Wildman–Crippen MR) is 71.5 cm³/mol. The van der Waals surface area contributed by atoms with Gasteiger partial charge in [0.2, 0.25) is 11.8 Å². The van der Waals surface area contributed by atoms with E-state index in [0.29, 0.717) is 31.0 Å². The summed E-state index contributed by atoms with van der Waals surface area (Å²) in [6, 6.07) is 1.57. The van der Waals surface area contributed by atoms with Gasteiger partial charge in [-0.2, -0.15) is 0 Å². The van der Waals surface area contributed by atoms with E-state index in [1.807, 2.05) is 7.05 Å². The third-order valence-corrected chi connectivity index (χ3v) is 5.18. The largest absolute Gasteiger partial charge is 0.317 e. The number of nitrogens with zero attached hydrogens (tertiary/aromatic N) is 2. The van der Waals surface area contributed by atoms with Gasteiger partial charge in [0.05, 0.1) is 6.04 Å². The van der Waals surface area contributed by atoms with E-state index in [2.05, 4.69) is 10.2 Å². The van der Waals surface area contributed by atoms with E-state index in [4.69, 9.17) is 0 Å². The highest BCUT2D eigenvalue weighted by Gasteiger charge is 2.47. The van der Waals surface area contributed by atoms with Crippen molar-refractivity contribution in [2.24, 2.45) is 0 Å². The molecular formula is C14H23N3O2. The van der Waals surface area contributed by atoms with Crippen molar-refractivity contribution in [3.05, 3.63) is 0 Å². The molecule has 5 heteroatoms. The molecule has 0 spiro atoms. The van der Waals surface area contributed by atoms with Gasteiger partial charge in [-0.25, -0.2) is 0 Å². The van der Waals surface area contributed by atoms with E-state index < -0.39 is 0 Å². The van der Waals surface area contributed by atoms with Gasteiger partial charge < -0.3 is 5.32 Å². The normalized spacial score (nSPS) is 40.0. The van der Waals surface area contributed by atoms with E-state index >= 15 is 0 Å². The Balaban J connectivity index is 1.77. The molecular weight excluding hydrogens is 242 g/mol. The van der Waals surface area contributed by atoms with Crippen LogP contribution in [0.3, 0.4) is 0 Å². The Morgan fingerprint density at radius 3 is 2.32 bits per heavy atom. The molecule has 0 aromatic heterocycles. The molecule has 0 aromatic rings. The van der Waals surface area contributed by atoms with Crippen molar-refractivity contribution in [2.45, 2.75) is 62.7 Å². The van der Waals surface area contributed by atoms with Gasteiger partial charge in [0.15, 0.2) is 0 Å². The molecule has 3 heterocycles. The predicted octanol–water partition coefficient (Wildman–Crippen LogP) is 0.349. The van der Waals surface area contributed by atoms with Crippen LogP contribution in [-0.4, -0.2) is 59.9 Å². The first-order chi connectivity index (χ1) is 9.11. The number of nitrogens with one attached hydrogen (secondary N) is 1. The van der Waals surface area contributed by atoms with Gasteiger partial charge in [0.25, 0.3) is 0 Å². The fourth-order valence-electron chi connectivity index (χ4n) is 4.13. The van der Waals surface area contributed by atoms with Gasteiger partial charge >= 0.3 is 0 Å². The maximum atomic E-state index is 12.4. The minimum Gasteiger partial charge on any atom is -0.317 e. The van der Waals surface area contributed by atoms with E-state index in [1.165, 1.54) is 17.7 Å². The van der Waals surface area contributed by atoms with E-state index in [-0.39, 0.29) is 17.9 Å². The number of fused-ring (bicyclic) bond motifs is 2. The van der Waals surface area contributed by atoms with Crippen LogP contribution in [0.25, 0.3) is 0 Å². The van der Waals surface area contributed by atoms with Crippen LogP contribution in [0.4, 0.5) is 0 Å². The Hall–Kier alpha value is -0.940. The first-order valence-electron chi connectivity index (χ1n) is 7.37. The quantitative estimate of drug-likeness (QED) is 0.732. The van der Waals surface area contributed by atoms with Gasteiger partial charge in [-0.3, -0.25) is 19.4 Å². The molecule has 3 aliphatic heterocycles. The smallest absolute Gasteiger partial charge is 0.246 e. The highest BCUT2D eigenvalue weighted by molar-refractivity contribution is 6.00. The fourth-order valence-corrected chi connectivity index (χ4v) is 4.13.